The van der Waals surface area contributed by atoms with Crippen LogP contribution in [0.4, 0.5) is 0 Å². The van der Waals surface area contributed by atoms with E-state index in [1.807, 2.05) is 4.57 Å². The van der Waals surface area contributed by atoms with Gasteiger partial charge in [0, 0.05) is 37.0 Å². The molecule has 1 N–H and O–H groups in total. The molecule has 7 heteroatoms. The van der Waals surface area contributed by atoms with Crippen LogP contribution in [0.1, 0.15) is 53.4 Å². The van der Waals surface area contributed by atoms with Crippen LogP contribution in [0.5, 0.6) is 0 Å². The molecule has 0 unspecified atom stereocenters. The maximum Gasteiger partial charge on any atom is 0.289 e. The Bertz CT molecular complexity index is 711. The lowest BCUT2D eigenvalue weighted by Gasteiger charge is -2.32. The number of nitrogens with zero attached hydrogens (tertiary/aromatic N) is 4. The van der Waals surface area contributed by atoms with E-state index in [1.54, 1.807) is 11.3 Å². The van der Waals surface area contributed by atoms with Gasteiger partial charge in [0.25, 0.3) is 5.91 Å². The molecular weight excluding hydrogens is 334 g/mol. The van der Waals surface area contributed by atoms with E-state index in [9.17, 15) is 4.79 Å². The highest BCUT2D eigenvalue weighted by molar-refractivity contribution is 7.09. The van der Waals surface area contributed by atoms with Crippen LogP contribution >= 0.6 is 11.3 Å². The van der Waals surface area contributed by atoms with E-state index in [0.29, 0.717) is 5.82 Å². The molecule has 2 aromatic heterocycles. The zero-order valence-corrected chi connectivity index (χ0v) is 15.3. The van der Waals surface area contributed by atoms with E-state index >= 15 is 0 Å². The Labute approximate surface area is 152 Å². The summed E-state index contributed by atoms with van der Waals surface area (Å²) in [4.78, 5) is 16.6. The Morgan fingerprint density at radius 3 is 3.08 bits per heavy atom. The van der Waals surface area contributed by atoms with Crippen LogP contribution in [0.25, 0.3) is 0 Å². The van der Waals surface area contributed by atoms with Crippen molar-refractivity contribution >= 4 is 17.2 Å². The van der Waals surface area contributed by atoms with Crippen LogP contribution in [0.15, 0.2) is 17.5 Å². The van der Waals surface area contributed by atoms with Crippen molar-refractivity contribution in [3.8, 4) is 0 Å². The monoisotopic (exact) mass is 359 g/mol. The zero-order valence-electron chi connectivity index (χ0n) is 14.5. The molecule has 2 aromatic rings. The summed E-state index contributed by atoms with van der Waals surface area (Å²) >= 11 is 1.80. The van der Waals surface area contributed by atoms with E-state index in [-0.39, 0.29) is 11.9 Å². The number of piperidine rings is 1. The van der Waals surface area contributed by atoms with E-state index in [0.717, 1.165) is 64.1 Å². The first kappa shape index (κ1) is 16.7. The van der Waals surface area contributed by atoms with E-state index < -0.39 is 0 Å². The Hall–Kier alpha value is -1.73. The minimum Gasteiger partial charge on any atom is -0.345 e. The minimum absolute atomic E-state index is 0.0661. The van der Waals surface area contributed by atoms with Crippen molar-refractivity contribution in [1.29, 1.82) is 0 Å². The molecule has 0 radical (unpaired) electrons. The summed E-state index contributed by atoms with van der Waals surface area (Å²) in [6.07, 6.45) is 6.52. The first-order chi connectivity index (χ1) is 12.3. The lowest BCUT2D eigenvalue weighted by molar-refractivity contribution is 0.0885. The Morgan fingerprint density at radius 1 is 1.24 bits per heavy atom. The number of aryl methyl sites for hydroxylation is 1. The third-order valence-electron chi connectivity index (χ3n) is 5.11. The average Bonchev–Trinajstić information content (AvgIpc) is 3.20. The third-order valence-corrected chi connectivity index (χ3v) is 5.97. The Kier molecular flexibility index (Phi) is 5.12. The Morgan fingerprint density at radius 2 is 2.20 bits per heavy atom. The second-order valence-corrected chi connectivity index (χ2v) is 8.06. The van der Waals surface area contributed by atoms with Crippen molar-refractivity contribution in [3.63, 3.8) is 0 Å². The number of amides is 1. The number of nitrogens with one attached hydrogen (secondary N) is 1. The summed E-state index contributed by atoms with van der Waals surface area (Å²) in [5.74, 6) is 1.39. The molecule has 2 aliphatic heterocycles. The van der Waals surface area contributed by atoms with Gasteiger partial charge < -0.3 is 9.88 Å². The molecule has 25 heavy (non-hydrogen) atoms. The van der Waals surface area contributed by atoms with Crippen LogP contribution < -0.4 is 5.32 Å². The molecule has 0 bridgehead atoms. The van der Waals surface area contributed by atoms with E-state index in [1.165, 1.54) is 11.3 Å². The van der Waals surface area contributed by atoms with Crippen molar-refractivity contribution in [2.75, 3.05) is 13.1 Å². The molecule has 6 nitrogen and oxygen atoms in total. The number of carbonyl (C=O) groups excluding carboxylic acids is 1. The number of fused-ring (bicyclic) bond motifs is 1. The van der Waals surface area contributed by atoms with Crippen LogP contribution in [0, 0.1) is 0 Å². The van der Waals surface area contributed by atoms with Gasteiger partial charge in [0.2, 0.25) is 5.82 Å². The van der Waals surface area contributed by atoms with Gasteiger partial charge in [-0.15, -0.1) is 21.5 Å². The van der Waals surface area contributed by atoms with Crippen molar-refractivity contribution in [2.24, 2.45) is 0 Å². The molecule has 1 amide bonds. The fourth-order valence-corrected chi connectivity index (χ4v) is 4.59. The molecule has 0 saturated carbocycles. The van der Waals surface area contributed by atoms with Crippen molar-refractivity contribution in [1.82, 2.24) is 25.0 Å². The fraction of sp³-hybridized carbons (Fsp3) is 0.611. The molecule has 1 atom stereocenters. The topological polar surface area (TPSA) is 63.1 Å². The van der Waals surface area contributed by atoms with Gasteiger partial charge in [-0.25, -0.2) is 0 Å². The summed E-state index contributed by atoms with van der Waals surface area (Å²) in [5.41, 5.74) is 0. The molecule has 0 spiro atoms. The van der Waals surface area contributed by atoms with Crippen LogP contribution in [-0.4, -0.2) is 44.7 Å². The summed E-state index contributed by atoms with van der Waals surface area (Å²) in [5, 5.41) is 13.7. The van der Waals surface area contributed by atoms with Gasteiger partial charge in [-0.3, -0.25) is 9.69 Å². The normalized spacial score (nSPS) is 21.5. The number of thiophene rings is 1. The SMILES string of the molecule is O=C(N[C@H]1CCCN(Cc2cccs2)C1)c1nnc2n1CCCCC2. The van der Waals surface area contributed by atoms with Gasteiger partial charge in [-0.2, -0.15) is 0 Å². The van der Waals surface area contributed by atoms with Crippen molar-refractivity contribution < 1.29 is 4.79 Å². The first-order valence-electron chi connectivity index (χ1n) is 9.27. The minimum atomic E-state index is -0.0661. The van der Waals surface area contributed by atoms with Crippen molar-refractivity contribution in [3.05, 3.63) is 34.0 Å². The van der Waals surface area contributed by atoms with Gasteiger partial charge in [0.1, 0.15) is 5.82 Å². The lowest BCUT2D eigenvalue weighted by atomic mass is 10.1. The van der Waals surface area contributed by atoms with Gasteiger partial charge in [-0.1, -0.05) is 12.5 Å². The third kappa shape index (κ3) is 3.93. The summed E-state index contributed by atoms with van der Waals surface area (Å²) < 4.78 is 2.02. The van der Waals surface area contributed by atoms with Gasteiger partial charge in [0.05, 0.1) is 0 Å². The summed E-state index contributed by atoms with van der Waals surface area (Å²) in [6.45, 7) is 3.85. The molecular formula is C18H25N5OS. The number of rotatable bonds is 4. The van der Waals surface area contributed by atoms with Gasteiger partial charge >= 0.3 is 0 Å². The van der Waals surface area contributed by atoms with Crippen molar-refractivity contribution in [2.45, 2.75) is 57.7 Å². The standard InChI is InChI=1S/C18H25N5OS/c24-18(17-21-20-16-8-2-1-3-10-23(16)17)19-14-6-4-9-22(12-14)13-15-7-5-11-25-15/h5,7,11,14H,1-4,6,8-10,12-13H2,(H,19,24)/t14-/m0/s1. The van der Waals surface area contributed by atoms with E-state index in [4.69, 9.17) is 0 Å². The maximum atomic E-state index is 12.7. The number of hydrogen-bond donors (Lipinski definition) is 1. The van der Waals surface area contributed by atoms with Gasteiger partial charge in [0.15, 0.2) is 0 Å². The van der Waals surface area contributed by atoms with Crippen LogP contribution in [0.2, 0.25) is 0 Å². The van der Waals surface area contributed by atoms with Crippen LogP contribution in [0.3, 0.4) is 0 Å². The van der Waals surface area contributed by atoms with E-state index in [2.05, 4.69) is 37.9 Å². The zero-order chi connectivity index (χ0) is 17.1. The molecule has 0 aliphatic carbocycles. The molecule has 2 aliphatic rings. The number of likely N-dealkylation sites (tertiary alicyclic amines) is 1. The second-order valence-electron chi connectivity index (χ2n) is 7.03. The van der Waals surface area contributed by atoms with Crippen LogP contribution in [-0.2, 0) is 19.5 Å². The molecule has 1 saturated heterocycles. The van der Waals surface area contributed by atoms with Gasteiger partial charge in [-0.05, 0) is 43.7 Å². The fourth-order valence-electron chi connectivity index (χ4n) is 3.84. The highest BCUT2D eigenvalue weighted by Gasteiger charge is 2.25. The number of carbonyl (C=O) groups is 1. The molecule has 134 valence electrons. The molecule has 1 fully saturated rings. The summed E-state index contributed by atoms with van der Waals surface area (Å²) in [7, 11) is 0. The largest absolute Gasteiger partial charge is 0.345 e. The highest BCUT2D eigenvalue weighted by Crippen LogP contribution is 2.18. The number of aromatic nitrogens is 3. The highest BCUT2D eigenvalue weighted by atomic mass is 32.1. The average molecular weight is 359 g/mol. The number of hydrogen-bond acceptors (Lipinski definition) is 5. The Balaban J connectivity index is 1.38. The molecule has 0 aromatic carbocycles. The first-order valence-corrected chi connectivity index (χ1v) is 10.2. The quantitative estimate of drug-likeness (QED) is 0.911. The maximum absolute atomic E-state index is 12.7. The second kappa shape index (κ2) is 7.66. The summed E-state index contributed by atoms with van der Waals surface area (Å²) in [6, 6.07) is 4.47. The predicted octanol–water partition coefficient (Wildman–Crippen LogP) is 2.46. The molecule has 4 heterocycles. The molecule has 4 rings (SSSR count). The smallest absolute Gasteiger partial charge is 0.289 e. The lowest BCUT2D eigenvalue weighted by Crippen LogP contribution is -2.47. The predicted molar refractivity (Wildman–Crippen MR) is 97.7 cm³/mol.